The van der Waals surface area contributed by atoms with Gasteiger partial charge < -0.3 is 24.2 Å². The number of halogens is 1. The molecule has 2 aromatic rings. The minimum absolute atomic E-state index is 0.00807. The summed E-state index contributed by atoms with van der Waals surface area (Å²) in [6.07, 6.45) is 0. The zero-order chi connectivity index (χ0) is 20.3. The molecule has 1 aliphatic heterocycles. The van der Waals surface area contributed by atoms with Gasteiger partial charge in [0.05, 0.1) is 32.1 Å². The fourth-order valence-electron chi connectivity index (χ4n) is 3.03. The lowest BCUT2D eigenvalue weighted by Gasteiger charge is -2.33. The summed E-state index contributed by atoms with van der Waals surface area (Å²) in [6.45, 7) is -0.0713. The Morgan fingerprint density at radius 1 is 1.04 bits per heavy atom. The number of aromatic hydroxyl groups is 1. The molecule has 0 fully saturated rings. The molecule has 0 atom stereocenters. The van der Waals surface area contributed by atoms with Crippen molar-refractivity contribution in [2.24, 2.45) is 0 Å². The number of methoxy groups -OCH3 is 2. The van der Waals surface area contributed by atoms with Crippen LogP contribution in [0, 0.1) is 0 Å². The molecule has 0 unspecified atom stereocenters. The van der Waals surface area contributed by atoms with Crippen molar-refractivity contribution in [3.05, 3.63) is 58.2 Å². The largest absolute Gasteiger partial charge is 0.507 e. The van der Waals surface area contributed by atoms with Crippen LogP contribution in [0.1, 0.15) is 0 Å². The van der Waals surface area contributed by atoms with E-state index in [0.717, 1.165) is 0 Å². The molecule has 0 spiro atoms. The first-order valence-electron chi connectivity index (χ1n) is 8.31. The molecule has 2 aromatic carbocycles. The van der Waals surface area contributed by atoms with Gasteiger partial charge in [0.25, 0.3) is 0 Å². The smallest absolute Gasteiger partial charge is 0.355 e. The number of anilines is 1. The summed E-state index contributed by atoms with van der Waals surface area (Å²) in [5, 5.41) is 10.3. The first kappa shape index (κ1) is 19.9. The number of esters is 2. The third kappa shape index (κ3) is 3.61. The van der Waals surface area contributed by atoms with Gasteiger partial charge in [0.1, 0.15) is 18.2 Å². The Bertz CT molecular complexity index is 955. The van der Waals surface area contributed by atoms with Crippen LogP contribution < -0.4 is 4.90 Å². The van der Waals surface area contributed by atoms with Crippen LogP contribution >= 0.6 is 15.9 Å². The first-order valence-corrected chi connectivity index (χ1v) is 9.10. The van der Waals surface area contributed by atoms with E-state index in [2.05, 4.69) is 15.9 Å². The number of rotatable bonds is 4. The van der Waals surface area contributed by atoms with Crippen molar-refractivity contribution < 1.29 is 28.9 Å². The molecule has 0 aromatic heterocycles. The maximum Gasteiger partial charge on any atom is 0.355 e. The van der Waals surface area contributed by atoms with E-state index in [1.54, 1.807) is 36.4 Å². The lowest BCUT2D eigenvalue weighted by molar-refractivity contribution is -0.140. The van der Waals surface area contributed by atoms with Crippen LogP contribution in [0.3, 0.4) is 0 Å². The van der Waals surface area contributed by atoms with E-state index in [4.69, 9.17) is 14.2 Å². The Hall–Kier alpha value is -2.84. The minimum atomic E-state index is -0.692. The fourth-order valence-corrected chi connectivity index (χ4v) is 3.61. The van der Waals surface area contributed by atoms with E-state index in [1.165, 1.54) is 19.1 Å². The second-order valence-corrected chi connectivity index (χ2v) is 6.72. The number of carbonyl (C=O) groups excluding carboxylic acids is 2. The molecule has 28 heavy (non-hydrogen) atoms. The van der Waals surface area contributed by atoms with Gasteiger partial charge in [-0.15, -0.1) is 0 Å². The molecule has 0 radical (unpaired) electrons. The number of phenols is 1. The van der Waals surface area contributed by atoms with Crippen molar-refractivity contribution in [1.82, 2.24) is 0 Å². The Morgan fingerprint density at radius 3 is 2.39 bits per heavy atom. The topological polar surface area (TPSA) is 85.3 Å². The average molecular weight is 448 g/mol. The number of hydrogen-bond acceptors (Lipinski definition) is 7. The van der Waals surface area contributed by atoms with Crippen LogP contribution in [0.15, 0.2) is 58.2 Å². The molecule has 146 valence electrons. The molecule has 0 bridgehead atoms. The van der Waals surface area contributed by atoms with Gasteiger partial charge in [-0.05, 0) is 28.1 Å². The number of ether oxygens (including phenoxy) is 3. The van der Waals surface area contributed by atoms with Crippen LogP contribution in [-0.2, 0) is 23.8 Å². The van der Waals surface area contributed by atoms with Gasteiger partial charge in [0.2, 0.25) is 0 Å². The third-order valence-corrected chi connectivity index (χ3v) is 4.92. The van der Waals surface area contributed by atoms with Gasteiger partial charge in [-0.3, -0.25) is 0 Å². The normalized spacial score (nSPS) is 14.0. The molecule has 0 amide bonds. The Labute approximate surface area is 170 Å². The standard InChI is InChI=1S/C20H18BrNO6/c1-26-19(24)14-10-28-11-22(18(14)20(25)27-2)17-13(7-5-8-15(17)21)12-6-3-4-9-16(12)23/h3-9,23H,10-11H2,1-2H3. The highest BCUT2D eigenvalue weighted by Gasteiger charge is 2.34. The molecule has 0 saturated heterocycles. The first-order chi connectivity index (χ1) is 13.5. The van der Waals surface area contributed by atoms with E-state index in [-0.39, 0.29) is 30.4 Å². The van der Waals surface area contributed by atoms with E-state index < -0.39 is 11.9 Å². The van der Waals surface area contributed by atoms with Gasteiger partial charge >= 0.3 is 11.9 Å². The highest BCUT2D eigenvalue weighted by molar-refractivity contribution is 9.10. The molecule has 8 heteroatoms. The second-order valence-electron chi connectivity index (χ2n) is 5.87. The average Bonchev–Trinajstić information content (AvgIpc) is 2.72. The second kappa shape index (κ2) is 8.45. The summed E-state index contributed by atoms with van der Waals surface area (Å²) in [7, 11) is 2.47. The van der Waals surface area contributed by atoms with E-state index in [9.17, 15) is 14.7 Å². The van der Waals surface area contributed by atoms with Crippen molar-refractivity contribution in [3.63, 3.8) is 0 Å². The quantitative estimate of drug-likeness (QED) is 0.719. The van der Waals surface area contributed by atoms with Gasteiger partial charge in [0, 0.05) is 15.6 Å². The summed E-state index contributed by atoms with van der Waals surface area (Å²) >= 11 is 3.51. The predicted molar refractivity (Wildman–Crippen MR) is 106 cm³/mol. The van der Waals surface area contributed by atoms with Gasteiger partial charge in [-0.2, -0.15) is 0 Å². The molecular weight excluding hydrogens is 430 g/mol. The Kier molecular flexibility index (Phi) is 6.01. The van der Waals surface area contributed by atoms with E-state index >= 15 is 0 Å². The highest BCUT2D eigenvalue weighted by Crippen LogP contribution is 2.43. The molecule has 1 aliphatic rings. The maximum absolute atomic E-state index is 12.6. The van der Waals surface area contributed by atoms with Crippen LogP contribution in [0.25, 0.3) is 11.1 Å². The summed E-state index contributed by atoms with van der Waals surface area (Å²) in [5.41, 5.74) is 1.84. The number of carbonyl (C=O) groups is 2. The lowest BCUT2D eigenvalue weighted by Crippen LogP contribution is -2.39. The maximum atomic E-state index is 12.6. The predicted octanol–water partition coefficient (Wildman–Crippen LogP) is 3.22. The van der Waals surface area contributed by atoms with Gasteiger partial charge in [-0.1, -0.05) is 30.3 Å². The highest BCUT2D eigenvalue weighted by atomic mass is 79.9. The van der Waals surface area contributed by atoms with E-state index in [1.807, 2.05) is 6.07 Å². The van der Waals surface area contributed by atoms with Crippen molar-refractivity contribution in [2.75, 3.05) is 32.5 Å². The molecule has 0 aliphatic carbocycles. The fraction of sp³-hybridized carbons (Fsp3) is 0.200. The van der Waals surface area contributed by atoms with Crippen LogP contribution in [-0.4, -0.2) is 44.6 Å². The molecule has 3 rings (SSSR count). The summed E-state index contributed by atoms with van der Waals surface area (Å²) in [5.74, 6) is -1.29. The zero-order valence-electron chi connectivity index (χ0n) is 15.3. The SMILES string of the molecule is COC(=O)C1=C(C(=O)OC)N(c2c(Br)cccc2-c2ccccc2O)COC1. The molecule has 1 N–H and O–H groups in total. The van der Waals surface area contributed by atoms with Crippen LogP contribution in [0.2, 0.25) is 0 Å². The zero-order valence-corrected chi connectivity index (χ0v) is 16.9. The third-order valence-electron chi connectivity index (χ3n) is 4.28. The van der Waals surface area contributed by atoms with Gasteiger partial charge in [0.15, 0.2) is 0 Å². The van der Waals surface area contributed by atoms with Crippen LogP contribution in [0.5, 0.6) is 5.75 Å². The van der Waals surface area contributed by atoms with Crippen molar-refractivity contribution >= 4 is 33.6 Å². The number of nitrogens with zero attached hydrogens (tertiary/aromatic N) is 1. The van der Waals surface area contributed by atoms with Crippen molar-refractivity contribution in [2.45, 2.75) is 0 Å². The number of phenolic OH excluding ortho intramolecular Hbond substituents is 1. The molecule has 0 saturated carbocycles. The number of para-hydroxylation sites is 2. The molecular formula is C20H18BrNO6. The lowest BCUT2D eigenvalue weighted by atomic mass is 10.0. The Balaban J connectivity index is 2.26. The summed E-state index contributed by atoms with van der Waals surface area (Å²) in [6, 6.07) is 12.2. The molecule has 7 nitrogen and oxygen atoms in total. The minimum Gasteiger partial charge on any atom is -0.507 e. The van der Waals surface area contributed by atoms with Gasteiger partial charge in [-0.25, -0.2) is 9.59 Å². The van der Waals surface area contributed by atoms with Crippen molar-refractivity contribution in [1.29, 1.82) is 0 Å². The summed E-state index contributed by atoms with van der Waals surface area (Å²) < 4.78 is 15.9. The van der Waals surface area contributed by atoms with Crippen LogP contribution in [0.4, 0.5) is 5.69 Å². The number of benzene rings is 2. The summed E-state index contributed by atoms with van der Waals surface area (Å²) in [4.78, 5) is 26.3. The van der Waals surface area contributed by atoms with Crippen molar-refractivity contribution in [3.8, 4) is 16.9 Å². The number of hydrogen-bond donors (Lipinski definition) is 1. The molecule has 1 heterocycles. The van der Waals surface area contributed by atoms with E-state index in [0.29, 0.717) is 21.3 Å². The monoisotopic (exact) mass is 447 g/mol. The Morgan fingerprint density at radius 2 is 1.71 bits per heavy atom.